The number of aliphatic hydroxyl groups excluding tert-OH is 3. The zero-order valence-corrected chi connectivity index (χ0v) is 30.6. The maximum atomic E-state index is 13.0. The van der Waals surface area contributed by atoms with Crippen molar-refractivity contribution in [1.29, 1.82) is 0 Å². The third-order valence-electron chi connectivity index (χ3n) is 8.14. The van der Waals surface area contributed by atoms with Crippen LogP contribution in [0.3, 0.4) is 0 Å². The summed E-state index contributed by atoms with van der Waals surface area (Å²) in [6.45, 7) is 0.545. The molecule has 4 aromatic rings. The van der Waals surface area contributed by atoms with Crippen LogP contribution in [0.15, 0.2) is 22.2 Å². The Labute approximate surface area is 295 Å². The molecule has 5 unspecified atom stereocenters. The molecule has 0 spiro atoms. The number of aromatic amines is 2. The van der Waals surface area contributed by atoms with Crippen LogP contribution < -0.4 is 21.4 Å². The lowest BCUT2D eigenvalue weighted by atomic mass is 10.1. The fourth-order valence-electron chi connectivity index (χ4n) is 5.90. The molecule has 11 atom stereocenters. The van der Waals surface area contributed by atoms with Gasteiger partial charge < -0.3 is 54.6 Å². The van der Waals surface area contributed by atoms with Crippen LogP contribution in [0.1, 0.15) is 18.3 Å². The number of phosphoric acid groups is 2. The molecule has 2 saturated heterocycles. The number of nitrogens with one attached hydrogen (secondary N) is 2. The number of nitrogen functional groups attached to an aromatic ring is 1. The molecule has 2 fully saturated rings. The van der Waals surface area contributed by atoms with Crippen molar-refractivity contribution in [3.05, 3.63) is 39.2 Å². The van der Waals surface area contributed by atoms with E-state index >= 15 is 0 Å². The molecule has 0 amide bonds. The molecule has 292 valence electrons. The summed E-state index contributed by atoms with van der Waals surface area (Å²) < 4.78 is 77.6. The standard InChI is InChI=1S/C24H34N9O17P3/c1-9-27-18-12(20(37)28-9)26-7-32(18)23-16(36)17(44-3)11(48-23)6-46-52(40,41)50-53(42,43)49-51(4,39)45-5-10-14(34)15(35)22(47-10)33-8-31(2)13-19(33)29-24(25)30-21(13)38/h7-8,10-11,14-17,22-23,34-36H,5-6H2,1-4H3,(H5-,25,27,28,29,30,37,38,40,41,42,43)/p+1/t10-,11-,14+,15?,16+,17?,22-,23-,51?/m1/s1. The highest BCUT2D eigenvalue weighted by atomic mass is 31.3. The lowest BCUT2D eigenvalue weighted by Gasteiger charge is -2.22. The second kappa shape index (κ2) is 14.4. The smallest absolute Gasteiger partial charge is 0.387 e. The number of fused-ring (bicyclic) bond motifs is 2. The first kappa shape index (κ1) is 39.4. The molecule has 53 heavy (non-hydrogen) atoms. The quantitative estimate of drug-likeness (QED) is 0.0513. The zero-order chi connectivity index (χ0) is 38.8. The normalized spacial score (nSPS) is 29.8. The van der Waals surface area contributed by atoms with Gasteiger partial charge in [-0.1, -0.05) is 4.98 Å². The molecule has 26 nitrogen and oxygen atoms in total. The minimum Gasteiger partial charge on any atom is -0.387 e. The summed E-state index contributed by atoms with van der Waals surface area (Å²) in [7, 11) is -13.2. The Kier molecular flexibility index (Phi) is 10.7. The Morgan fingerprint density at radius 2 is 1.66 bits per heavy atom. The van der Waals surface area contributed by atoms with E-state index in [2.05, 4.69) is 33.5 Å². The van der Waals surface area contributed by atoms with E-state index in [4.69, 9.17) is 29.0 Å². The van der Waals surface area contributed by atoms with Crippen molar-refractivity contribution in [2.75, 3.05) is 32.7 Å². The number of ether oxygens (including phenoxy) is 3. The van der Waals surface area contributed by atoms with E-state index in [1.165, 1.54) is 47.4 Å². The summed E-state index contributed by atoms with van der Waals surface area (Å²) in [4.78, 5) is 62.0. The molecule has 0 aromatic carbocycles. The molecule has 6 heterocycles. The molecule has 4 aromatic heterocycles. The molecule has 0 bridgehead atoms. The van der Waals surface area contributed by atoms with Crippen LogP contribution in [0.5, 0.6) is 0 Å². The van der Waals surface area contributed by atoms with E-state index in [0.717, 1.165) is 0 Å². The van der Waals surface area contributed by atoms with Crippen LogP contribution in [0, 0.1) is 6.92 Å². The summed E-state index contributed by atoms with van der Waals surface area (Å²) in [5, 5.41) is 32.2. The zero-order valence-electron chi connectivity index (χ0n) is 27.9. The van der Waals surface area contributed by atoms with Gasteiger partial charge in [0, 0.05) is 13.8 Å². The van der Waals surface area contributed by atoms with Gasteiger partial charge in [0.2, 0.25) is 11.7 Å². The fourth-order valence-corrected chi connectivity index (χ4v) is 9.97. The Bertz CT molecular complexity index is 2300. The summed E-state index contributed by atoms with van der Waals surface area (Å²) in [6.07, 6.45) is -8.83. The van der Waals surface area contributed by atoms with Crippen molar-refractivity contribution >= 4 is 51.5 Å². The fraction of sp³-hybridized carbons (Fsp3) is 0.583. The predicted octanol–water partition coefficient (Wildman–Crippen LogP) is -2.44. The average molecular weight is 815 g/mol. The maximum Gasteiger partial charge on any atom is 0.488 e. The second-order valence-corrected chi connectivity index (χ2v) is 17.2. The number of aryl methyl sites for hydroxylation is 2. The molecule has 29 heteroatoms. The first-order chi connectivity index (χ1) is 24.7. The number of nitrogens with two attached hydrogens (primary N) is 1. The van der Waals surface area contributed by atoms with Crippen molar-refractivity contribution in [2.24, 2.45) is 7.05 Å². The highest BCUT2D eigenvalue weighted by Crippen LogP contribution is 2.68. The first-order valence-electron chi connectivity index (χ1n) is 15.2. The number of hydrogen-bond acceptors (Lipinski definition) is 19. The number of nitrogens with zero attached hydrogens (tertiary/aromatic N) is 6. The number of rotatable bonds is 13. The summed E-state index contributed by atoms with van der Waals surface area (Å²) in [5.74, 6) is 0.00561. The topological polar surface area (TPSA) is 361 Å². The Balaban J connectivity index is 1.06. The van der Waals surface area contributed by atoms with E-state index in [1.54, 1.807) is 0 Å². The van der Waals surface area contributed by atoms with Crippen molar-refractivity contribution in [3.8, 4) is 0 Å². The van der Waals surface area contributed by atoms with Crippen LogP contribution >= 0.6 is 23.2 Å². The van der Waals surface area contributed by atoms with Crippen molar-refractivity contribution in [1.82, 2.24) is 34.1 Å². The minimum absolute atomic E-state index is 0.00434. The molecule has 0 aliphatic carbocycles. The predicted molar refractivity (Wildman–Crippen MR) is 173 cm³/mol. The SMILES string of the molecule is COC1[C@@H](COP(=O)(O)OP(=O)(O)OP(C)(=O)OC[C@H]2O[C@@H]([n+]3cn(C)c4c(=O)[nH]c(N)nc43)C(O)[C@H]2O)O[C@@H](n2cnc3c(=O)[nH]c(C)nc32)[C@H]1O. The largest absolute Gasteiger partial charge is 0.488 e. The summed E-state index contributed by atoms with van der Waals surface area (Å²) in [6, 6.07) is 0. The Morgan fingerprint density at radius 1 is 0.962 bits per heavy atom. The van der Waals surface area contributed by atoms with Gasteiger partial charge in [0.15, 0.2) is 23.7 Å². The van der Waals surface area contributed by atoms with Gasteiger partial charge in [0.25, 0.3) is 17.1 Å². The Hall–Kier alpha value is -3.29. The van der Waals surface area contributed by atoms with E-state index in [1.807, 2.05) is 0 Å². The highest BCUT2D eigenvalue weighted by Gasteiger charge is 2.50. The maximum absolute atomic E-state index is 13.0. The molecule has 2 aliphatic rings. The third-order valence-corrected chi connectivity index (χ3v) is 12.9. The number of phosphoric ester groups is 1. The van der Waals surface area contributed by atoms with E-state index in [0.29, 0.717) is 6.66 Å². The van der Waals surface area contributed by atoms with Gasteiger partial charge in [-0.15, -0.1) is 0 Å². The lowest BCUT2D eigenvalue weighted by molar-refractivity contribution is -0.745. The summed E-state index contributed by atoms with van der Waals surface area (Å²) in [5.41, 5.74) is 4.56. The van der Waals surface area contributed by atoms with Gasteiger partial charge in [0.05, 0.1) is 26.6 Å². The average Bonchev–Trinajstić information content (AvgIpc) is 3.76. The minimum atomic E-state index is -5.72. The number of imidazole rings is 2. The van der Waals surface area contributed by atoms with Crippen LogP contribution in [-0.2, 0) is 52.6 Å². The number of aromatic nitrogens is 8. The number of H-pyrrole nitrogens is 2. The Morgan fingerprint density at radius 3 is 2.36 bits per heavy atom. The number of aliphatic hydroxyl groups is 3. The highest BCUT2D eigenvalue weighted by molar-refractivity contribution is 7.68. The van der Waals surface area contributed by atoms with Gasteiger partial charge >= 0.3 is 28.9 Å². The van der Waals surface area contributed by atoms with Gasteiger partial charge in [0.1, 0.15) is 42.4 Å². The molecule has 9 N–H and O–H groups in total. The van der Waals surface area contributed by atoms with E-state index in [-0.39, 0.29) is 34.1 Å². The molecule has 0 radical (unpaired) electrons. The third kappa shape index (κ3) is 7.94. The number of anilines is 1. The van der Waals surface area contributed by atoms with Crippen molar-refractivity contribution in [2.45, 2.75) is 56.0 Å². The first-order valence-corrected chi connectivity index (χ1v) is 20.2. The van der Waals surface area contributed by atoms with Gasteiger partial charge in [-0.3, -0.25) is 32.8 Å². The van der Waals surface area contributed by atoms with E-state index in [9.17, 15) is 48.4 Å². The number of methoxy groups -OCH3 is 1. The van der Waals surface area contributed by atoms with Crippen molar-refractivity contribution in [3.63, 3.8) is 0 Å². The molecule has 0 saturated carbocycles. The summed E-state index contributed by atoms with van der Waals surface area (Å²) >= 11 is 0. The molecule has 6 rings (SSSR count). The monoisotopic (exact) mass is 814 g/mol. The van der Waals surface area contributed by atoms with Crippen LogP contribution in [0.4, 0.5) is 5.95 Å². The van der Waals surface area contributed by atoms with Gasteiger partial charge in [-0.2, -0.15) is 4.31 Å². The lowest BCUT2D eigenvalue weighted by Crippen LogP contribution is -2.46. The second-order valence-electron chi connectivity index (χ2n) is 12.0. The molecular formula is C24H35N9O17P3+. The molecular weight excluding hydrogens is 779 g/mol. The van der Waals surface area contributed by atoms with Gasteiger partial charge in [-0.05, 0) is 6.92 Å². The van der Waals surface area contributed by atoms with Gasteiger partial charge in [-0.25, -0.2) is 28.0 Å². The van der Waals surface area contributed by atoms with Crippen LogP contribution in [0.2, 0.25) is 0 Å². The van der Waals surface area contributed by atoms with Crippen LogP contribution in [0.25, 0.3) is 22.3 Å². The number of hydrogen-bond donors (Lipinski definition) is 8. The van der Waals surface area contributed by atoms with E-state index < -0.39 is 96.7 Å². The van der Waals surface area contributed by atoms with Crippen LogP contribution in [-0.4, -0.2) is 123 Å². The molecule has 2 aliphatic heterocycles. The van der Waals surface area contributed by atoms with Crippen molar-refractivity contribution < 1.29 is 75.2 Å².